The number of fused-ring (bicyclic) bond motifs is 1. The Morgan fingerprint density at radius 3 is 2.32 bits per heavy atom. The van der Waals surface area contributed by atoms with Crippen molar-refractivity contribution in [3.8, 4) is 11.1 Å². The third kappa shape index (κ3) is 3.90. The van der Waals surface area contributed by atoms with E-state index in [0.29, 0.717) is 12.2 Å². The maximum Gasteiger partial charge on any atom is 0.338 e. The van der Waals surface area contributed by atoms with Gasteiger partial charge in [0.2, 0.25) is 0 Å². The lowest BCUT2D eigenvalue weighted by molar-refractivity contribution is 0.0600. The van der Waals surface area contributed by atoms with E-state index in [1.807, 2.05) is 30.3 Å². The number of carbonyl (C=O) groups is 1. The Kier molecular flexibility index (Phi) is 5.72. The van der Waals surface area contributed by atoms with Crippen LogP contribution in [0.15, 0.2) is 60.7 Å². The first-order chi connectivity index (χ1) is 14.8. The number of rotatable bonds is 4. The lowest BCUT2D eigenvalue weighted by atomic mass is 9.84. The molecule has 0 aliphatic carbocycles. The normalized spacial score (nSPS) is 15.6. The predicted molar refractivity (Wildman–Crippen MR) is 124 cm³/mol. The number of carbonyl (C=O) groups excluding carboxylic acids is 1. The van der Waals surface area contributed by atoms with Crippen LogP contribution in [0.5, 0.6) is 0 Å². The molecule has 31 heavy (non-hydrogen) atoms. The molecule has 4 rings (SSSR count). The van der Waals surface area contributed by atoms with Crippen LogP contribution in [0.1, 0.15) is 72.0 Å². The Hall–Kier alpha value is -2.91. The Labute approximate surface area is 185 Å². The van der Waals surface area contributed by atoms with Crippen molar-refractivity contribution >= 4 is 5.97 Å². The summed E-state index contributed by atoms with van der Waals surface area (Å²) in [4.78, 5) is 12.8. The van der Waals surface area contributed by atoms with Crippen molar-refractivity contribution in [1.29, 1.82) is 0 Å². The summed E-state index contributed by atoms with van der Waals surface area (Å²) in [6.07, 6.45) is 0.607. The average molecular weight is 415 g/mol. The Bertz CT molecular complexity index is 1090. The van der Waals surface area contributed by atoms with Gasteiger partial charge in [-0.1, -0.05) is 82.3 Å². The summed E-state index contributed by atoms with van der Waals surface area (Å²) in [5.74, 6) is -0.295. The highest BCUT2D eigenvalue weighted by atomic mass is 16.5. The molecule has 0 fully saturated rings. The third-order valence-electron chi connectivity index (χ3n) is 6.17. The summed E-state index contributed by atoms with van der Waals surface area (Å²) in [6, 6.07) is 20.9. The summed E-state index contributed by atoms with van der Waals surface area (Å²) >= 11 is 0. The van der Waals surface area contributed by atoms with Gasteiger partial charge in [-0.05, 0) is 56.8 Å². The van der Waals surface area contributed by atoms with Gasteiger partial charge in [-0.3, -0.25) is 0 Å². The summed E-state index contributed by atoms with van der Waals surface area (Å²) < 4.78 is 11.5. The number of methoxy groups -OCH3 is 1. The first kappa shape index (κ1) is 21.3. The van der Waals surface area contributed by atoms with Gasteiger partial charge in [0.15, 0.2) is 0 Å². The van der Waals surface area contributed by atoms with Crippen LogP contribution in [0.2, 0.25) is 0 Å². The maximum atomic E-state index is 12.8. The van der Waals surface area contributed by atoms with Gasteiger partial charge in [-0.25, -0.2) is 4.79 Å². The number of benzene rings is 3. The monoisotopic (exact) mass is 414 g/mol. The topological polar surface area (TPSA) is 35.5 Å². The fourth-order valence-electron chi connectivity index (χ4n) is 4.47. The molecule has 1 heterocycles. The molecule has 1 aliphatic rings. The van der Waals surface area contributed by atoms with Gasteiger partial charge in [-0.2, -0.15) is 0 Å². The molecule has 1 unspecified atom stereocenters. The van der Waals surface area contributed by atoms with Gasteiger partial charge in [0.25, 0.3) is 0 Å². The predicted octanol–water partition coefficient (Wildman–Crippen LogP) is 6.62. The zero-order valence-corrected chi connectivity index (χ0v) is 19.0. The van der Waals surface area contributed by atoms with Crippen LogP contribution in [0, 0.1) is 0 Å². The highest BCUT2D eigenvalue weighted by Crippen LogP contribution is 2.43. The summed E-state index contributed by atoms with van der Waals surface area (Å²) in [5, 5.41) is 0. The Balaban J connectivity index is 1.88. The summed E-state index contributed by atoms with van der Waals surface area (Å²) in [6.45, 7) is 9.25. The average Bonchev–Trinajstić information content (AvgIpc) is 3.21. The van der Waals surface area contributed by atoms with E-state index in [1.165, 1.54) is 12.7 Å². The van der Waals surface area contributed by atoms with Crippen LogP contribution >= 0.6 is 0 Å². The Morgan fingerprint density at radius 1 is 1.06 bits per heavy atom. The largest absolute Gasteiger partial charge is 0.465 e. The SMILES string of the molecule is CCc1c2c(cc(-c3ccccc3)c1C(=O)OC)C(c1ccc(C(C)(C)C)cc1)OC2. The van der Waals surface area contributed by atoms with Gasteiger partial charge >= 0.3 is 5.97 Å². The molecule has 0 saturated heterocycles. The molecule has 1 atom stereocenters. The van der Waals surface area contributed by atoms with Crippen LogP contribution in [-0.4, -0.2) is 13.1 Å². The van der Waals surface area contributed by atoms with Crippen molar-refractivity contribution in [2.24, 2.45) is 0 Å². The zero-order chi connectivity index (χ0) is 22.2. The first-order valence-corrected chi connectivity index (χ1v) is 10.9. The lowest BCUT2D eigenvalue weighted by Gasteiger charge is -2.21. The van der Waals surface area contributed by atoms with E-state index in [0.717, 1.165) is 39.8 Å². The molecule has 0 radical (unpaired) electrons. The van der Waals surface area contributed by atoms with Crippen molar-refractivity contribution in [2.45, 2.75) is 52.2 Å². The number of hydrogen-bond donors (Lipinski definition) is 0. The van der Waals surface area contributed by atoms with E-state index in [4.69, 9.17) is 9.47 Å². The molecule has 0 saturated carbocycles. The summed E-state index contributed by atoms with van der Waals surface area (Å²) in [7, 11) is 1.44. The molecule has 0 N–H and O–H groups in total. The van der Waals surface area contributed by atoms with Gasteiger partial charge in [0.05, 0.1) is 19.3 Å². The van der Waals surface area contributed by atoms with Crippen molar-refractivity contribution in [1.82, 2.24) is 0 Å². The van der Waals surface area contributed by atoms with Gasteiger partial charge in [-0.15, -0.1) is 0 Å². The molecule has 0 aromatic heterocycles. The first-order valence-electron chi connectivity index (χ1n) is 10.9. The van der Waals surface area contributed by atoms with Crippen molar-refractivity contribution in [3.05, 3.63) is 94.0 Å². The van der Waals surface area contributed by atoms with Crippen LogP contribution in [0.25, 0.3) is 11.1 Å². The van der Waals surface area contributed by atoms with E-state index in [-0.39, 0.29) is 17.5 Å². The second-order valence-corrected chi connectivity index (χ2v) is 9.12. The summed E-state index contributed by atoms with van der Waals surface area (Å²) in [5.41, 5.74) is 8.41. The molecule has 1 aliphatic heterocycles. The number of ether oxygens (including phenoxy) is 2. The quantitative estimate of drug-likeness (QED) is 0.450. The van der Waals surface area contributed by atoms with Gasteiger partial charge in [0.1, 0.15) is 6.10 Å². The number of hydrogen-bond acceptors (Lipinski definition) is 3. The van der Waals surface area contributed by atoms with E-state index < -0.39 is 0 Å². The molecule has 0 amide bonds. The smallest absolute Gasteiger partial charge is 0.338 e. The fraction of sp³-hybridized carbons (Fsp3) is 0.321. The van der Waals surface area contributed by atoms with E-state index >= 15 is 0 Å². The fourth-order valence-corrected chi connectivity index (χ4v) is 4.47. The third-order valence-corrected chi connectivity index (χ3v) is 6.17. The van der Waals surface area contributed by atoms with Crippen molar-refractivity contribution in [2.75, 3.05) is 7.11 Å². The van der Waals surface area contributed by atoms with Crippen LogP contribution in [0.3, 0.4) is 0 Å². The molecule has 3 aromatic carbocycles. The van der Waals surface area contributed by atoms with Gasteiger partial charge in [0, 0.05) is 0 Å². The van der Waals surface area contributed by atoms with E-state index in [2.05, 4.69) is 58.0 Å². The minimum Gasteiger partial charge on any atom is -0.465 e. The molecule has 3 aromatic rings. The molecule has 3 heteroatoms. The minimum absolute atomic E-state index is 0.109. The maximum absolute atomic E-state index is 12.8. The lowest BCUT2D eigenvalue weighted by Crippen LogP contribution is -2.12. The molecule has 160 valence electrons. The molecule has 0 spiro atoms. The van der Waals surface area contributed by atoms with Crippen LogP contribution in [-0.2, 0) is 27.9 Å². The standard InChI is InChI=1S/C28H30O3/c1-6-21-24-17-31-26(19-12-14-20(15-13-19)28(2,3)4)23(24)16-22(25(21)27(29)30-5)18-10-8-7-9-11-18/h7-16,26H,6,17H2,1-5H3. The molecule has 3 nitrogen and oxygen atoms in total. The zero-order valence-electron chi connectivity index (χ0n) is 19.0. The van der Waals surface area contributed by atoms with Gasteiger partial charge < -0.3 is 9.47 Å². The minimum atomic E-state index is -0.295. The van der Waals surface area contributed by atoms with Crippen molar-refractivity contribution < 1.29 is 14.3 Å². The van der Waals surface area contributed by atoms with E-state index in [1.54, 1.807) is 0 Å². The second kappa shape index (κ2) is 8.32. The number of esters is 1. The van der Waals surface area contributed by atoms with Crippen LogP contribution < -0.4 is 0 Å². The Morgan fingerprint density at radius 2 is 1.74 bits per heavy atom. The molecular weight excluding hydrogens is 384 g/mol. The van der Waals surface area contributed by atoms with Crippen molar-refractivity contribution in [3.63, 3.8) is 0 Å². The second-order valence-electron chi connectivity index (χ2n) is 9.12. The van der Waals surface area contributed by atoms with Crippen LogP contribution in [0.4, 0.5) is 0 Å². The highest BCUT2D eigenvalue weighted by molar-refractivity contribution is 5.99. The molecular formula is C28H30O3. The highest BCUT2D eigenvalue weighted by Gasteiger charge is 2.32. The molecule has 0 bridgehead atoms. The van der Waals surface area contributed by atoms with E-state index in [9.17, 15) is 4.79 Å².